The second-order valence-electron chi connectivity index (χ2n) is 4.81. The molecule has 0 fully saturated rings. The van der Waals surface area contributed by atoms with E-state index in [4.69, 9.17) is 9.47 Å². The zero-order chi connectivity index (χ0) is 14.6. The highest BCUT2D eigenvalue weighted by Crippen LogP contribution is 2.20. The van der Waals surface area contributed by atoms with E-state index in [0.717, 1.165) is 51.4 Å². The molecule has 1 rings (SSSR count). The molecule has 1 heterocycles. The number of rotatable bonds is 11. The van der Waals surface area contributed by atoms with E-state index in [1.54, 1.807) is 6.20 Å². The largest absolute Gasteiger partial charge is 0.492 e. The number of nitrogens with one attached hydrogen (secondary N) is 1. The standard InChI is InChI=1S/C16H28N2O2/c1-4-8-19-10-7-16(18-6-3)14-11-15(13-17-12-14)20-9-5-2/h11-13,16,18H,4-10H2,1-3H3. The Morgan fingerprint density at radius 1 is 1.10 bits per heavy atom. The van der Waals surface area contributed by atoms with Crippen molar-refractivity contribution in [1.29, 1.82) is 0 Å². The first-order valence-corrected chi connectivity index (χ1v) is 7.70. The zero-order valence-electron chi connectivity index (χ0n) is 13.0. The van der Waals surface area contributed by atoms with E-state index >= 15 is 0 Å². The molecule has 0 aliphatic rings. The Morgan fingerprint density at radius 3 is 2.60 bits per heavy atom. The second-order valence-corrected chi connectivity index (χ2v) is 4.81. The summed E-state index contributed by atoms with van der Waals surface area (Å²) in [6, 6.07) is 2.35. The first kappa shape index (κ1) is 16.9. The van der Waals surface area contributed by atoms with Gasteiger partial charge in [0.2, 0.25) is 0 Å². The third-order valence-corrected chi connectivity index (χ3v) is 2.96. The van der Waals surface area contributed by atoms with Crippen LogP contribution < -0.4 is 10.1 Å². The zero-order valence-corrected chi connectivity index (χ0v) is 13.0. The summed E-state index contributed by atoms with van der Waals surface area (Å²) >= 11 is 0. The van der Waals surface area contributed by atoms with Crippen molar-refractivity contribution in [3.8, 4) is 5.75 Å². The highest BCUT2D eigenvalue weighted by molar-refractivity contribution is 5.26. The lowest BCUT2D eigenvalue weighted by atomic mass is 10.1. The van der Waals surface area contributed by atoms with E-state index in [-0.39, 0.29) is 6.04 Å². The maximum Gasteiger partial charge on any atom is 0.137 e. The Labute approximate surface area is 122 Å². The Balaban J connectivity index is 2.59. The fraction of sp³-hybridized carbons (Fsp3) is 0.688. The molecule has 1 unspecified atom stereocenters. The van der Waals surface area contributed by atoms with Gasteiger partial charge in [0, 0.05) is 25.5 Å². The fourth-order valence-electron chi connectivity index (χ4n) is 2.01. The van der Waals surface area contributed by atoms with Gasteiger partial charge in [0.15, 0.2) is 0 Å². The maximum atomic E-state index is 5.65. The first-order chi connectivity index (χ1) is 9.81. The Morgan fingerprint density at radius 2 is 1.90 bits per heavy atom. The highest BCUT2D eigenvalue weighted by Gasteiger charge is 2.11. The van der Waals surface area contributed by atoms with Crippen molar-refractivity contribution in [3.05, 3.63) is 24.0 Å². The molecular formula is C16H28N2O2. The van der Waals surface area contributed by atoms with Crippen LogP contribution in [0, 0.1) is 0 Å². The van der Waals surface area contributed by atoms with E-state index in [9.17, 15) is 0 Å². The second kappa shape index (κ2) is 10.6. The van der Waals surface area contributed by atoms with Gasteiger partial charge in [-0.2, -0.15) is 0 Å². The summed E-state index contributed by atoms with van der Waals surface area (Å²) in [4.78, 5) is 4.28. The van der Waals surface area contributed by atoms with Crippen LogP contribution in [0.2, 0.25) is 0 Å². The molecule has 4 nitrogen and oxygen atoms in total. The molecule has 1 atom stereocenters. The minimum absolute atomic E-state index is 0.273. The summed E-state index contributed by atoms with van der Waals surface area (Å²) in [6.45, 7) is 9.60. The minimum atomic E-state index is 0.273. The van der Waals surface area contributed by atoms with Crippen molar-refractivity contribution in [2.45, 2.75) is 46.1 Å². The van der Waals surface area contributed by atoms with Gasteiger partial charge < -0.3 is 14.8 Å². The fourth-order valence-corrected chi connectivity index (χ4v) is 2.01. The number of pyridine rings is 1. The van der Waals surface area contributed by atoms with Gasteiger partial charge in [-0.3, -0.25) is 4.98 Å². The van der Waals surface area contributed by atoms with Crippen LogP contribution in [0.25, 0.3) is 0 Å². The van der Waals surface area contributed by atoms with Gasteiger partial charge in [-0.05, 0) is 37.4 Å². The van der Waals surface area contributed by atoms with Crippen LogP contribution >= 0.6 is 0 Å². The minimum Gasteiger partial charge on any atom is -0.492 e. The van der Waals surface area contributed by atoms with Crippen LogP contribution in [0.1, 0.15) is 51.6 Å². The Bertz CT molecular complexity index is 358. The van der Waals surface area contributed by atoms with Gasteiger partial charge in [0.05, 0.1) is 12.8 Å². The number of hydrogen-bond donors (Lipinski definition) is 1. The van der Waals surface area contributed by atoms with Crippen molar-refractivity contribution in [2.75, 3.05) is 26.4 Å². The quantitative estimate of drug-likeness (QED) is 0.631. The summed E-state index contributed by atoms with van der Waals surface area (Å²) in [5, 5.41) is 3.48. The third-order valence-electron chi connectivity index (χ3n) is 2.96. The predicted molar refractivity (Wildman–Crippen MR) is 82.2 cm³/mol. The summed E-state index contributed by atoms with van der Waals surface area (Å²) in [6.07, 6.45) is 6.70. The molecule has 0 saturated carbocycles. The van der Waals surface area contributed by atoms with E-state index in [0.29, 0.717) is 0 Å². The molecule has 1 aromatic rings. The smallest absolute Gasteiger partial charge is 0.137 e. The van der Waals surface area contributed by atoms with Crippen LogP contribution in [0.3, 0.4) is 0 Å². The molecule has 0 spiro atoms. The number of nitrogens with zero attached hydrogens (tertiary/aromatic N) is 1. The van der Waals surface area contributed by atoms with E-state index in [2.05, 4.69) is 37.1 Å². The van der Waals surface area contributed by atoms with Crippen molar-refractivity contribution >= 4 is 0 Å². The molecule has 0 bridgehead atoms. The van der Waals surface area contributed by atoms with Crippen LogP contribution in [0.15, 0.2) is 18.5 Å². The first-order valence-electron chi connectivity index (χ1n) is 7.70. The molecular weight excluding hydrogens is 252 g/mol. The van der Waals surface area contributed by atoms with Crippen LogP contribution in [-0.2, 0) is 4.74 Å². The van der Waals surface area contributed by atoms with Crippen LogP contribution in [-0.4, -0.2) is 31.3 Å². The lowest BCUT2D eigenvalue weighted by molar-refractivity contribution is 0.124. The SMILES string of the molecule is CCCOCCC(NCC)c1cncc(OCCC)c1. The molecule has 4 heteroatoms. The number of ether oxygens (including phenoxy) is 2. The van der Waals surface area contributed by atoms with E-state index < -0.39 is 0 Å². The summed E-state index contributed by atoms with van der Waals surface area (Å²) in [5.41, 5.74) is 1.17. The normalized spacial score (nSPS) is 12.3. The van der Waals surface area contributed by atoms with Crippen molar-refractivity contribution in [2.24, 2.45) is 0 Å². The number of hydrogen-bond acceptors (Lipinski definition) is 4. The molecule has 0 aliphatic carbocycles. The average Bonchev–Trinajstić information content (AvgIpc) is 2.48. The predicted octanol–water partition coefficient (Wildman–Crippen LogP) is 3.34. The lowest BCUT2D eigenvalue weighted by Gasteiger charge is -2.18. The van der Waals surface area contributed by atoms with Crippen molar-refractivity contribution < 1.29 is 9.47 Å². The monoisotopic (exact) mass is 280 g/mol. The molecule has 0 saturated heterocycles. The Hall–Kier alpha value is -1.13. The topological polar surface area (TPSA) is 43.4 Å². The van der Waals surface area contributed by atoms with Gasteiger partial charge in [0.1, 0.15) is 5.75 Å². The van der Waals surface area contributed by atoms with Gasteiger partial charge in [-0.15, -0.1) is 0 Å². The van der Waals surface area contributed by atoms with E-state index in [1.165, 1.54) is 5.56 Å². The van der Waals surface area contributed by atoms with E-state index in [1.807, 2.05) is 6.20 Å². The molecule has 0 radical (unpaired) electrons. The molecule has 1 aromatic heterocycles. The Kier molecular flexibility index (Phi) is 9.00. The maximum absolute atomic E-state index is 5.65. The molecule has 0 amide bonds. The average molecular weight is 280 g/mol. The molecule has 114 valence electrons. The van der Waals surface area contributed by atoms with Crippen molar-refractivity contribution in [1.82, 2.24) is 10.3 Å². The van der Waals surface area contributed by atoms with Crippen LogP contribution in [0.5, 0.6) is 5.75 Å². The van der Waals surface area contributed by atoms with Crippen LogP contribution in [0.4, 0.5) is 0 Å². The van der Waals surface area contributed by atoms with Gasteiger partial charge >= 0.3 is 0 Å². The lowest BCUT2D eigenvalue weighted by Crippen LogP contribution is -2.22. The highest BCUT2D eigenvalue weighted by atomic mass is 16.5. The summed E-state index contributed by atoms with van der Waals surface area (Å²) < 4.78 is 11.2. The van der Waals surface area contributed by atoms with Gasteiger partial charge in [-0.25, -0.2) is 0 Å². The van der Waals surface area contributed by atoms with Gasteiger partial charge in [-0.1, -0.05) is 20.8 Å². The molecule has 0 aliphatic heterocycles. The van der Waals surface area contributed by atoms with Gasteiger partial charge in [0.25, 0.3) is 0 Å². The molecule has 20 heavy (non-hydrogen) atoms. The van der Waals surface area contributed by atoms with Crippen molar-refractivity contribution in [3.63, 3.8) is 0 Å². The molecule has 1 N–H and O–H groups in total. The summed E-state index contributed by atoms with van der Waals surface area (Å²) in [7, 11) is 0. The number of aromatic nitrogens is 1. The summed E-state index contributed by atoms with van der Waals surface area (Å²) in [5.74, 6) is 0.849. The molecule has 0 aromatic carbocycles. The third kappa shape index (κ3) is 6.35.